The molecule has 0 aliphatic heterocycles. The van der Waals surface area contributed by atoms with Crippen molar-refractivity contribution in [2.75, 3.05) is 19.0 Å². The van der Waals surface area contributed by atoms with Crippen molar-refractivity contribution < 1.29 is 9.90 Å². The zero-order valence-electron chi connectivity index (χ0n) is 9.89. The van der Waals surface area contributed by atoms with Crippen LogP contribution in [0.3, 0.4) is 0 Å². The van der Waals surface area contributed by atoms with Gasteiger partial charge in [-0.2, -0.15) is 0 Å². The van der Waals surface area contributed by atoms with E-state index in [2.05, 4.69) is 4.98 Å². The number of anilines is 1. The average Bonchev–Trinajstić information content (AvgIpc) is 2.58. The Balaban J connectivity index is 3.10. The number of hydrogen-bond donors (Lipinski definition) is 1. The Kier molecular flexibility index (Phi) is 4.06. The first-order valence-electron chi connectivity index (χ1n) is 5.01. The molecule has 16 heavy (non-hydrogen) atoms. The normalized spacial score (nSPS) is 11.3. The Morgan fingerprint density at radius 3 is 2.56 bits per heavy atom. The summed E-state index contributed by atoms with van der Waals surface area (Å²) in [6.45, 7) is 4.10. The first-order valence-corrected chi connectivity index (χ1v) is 5.82. The summed E-state index contributed by atoms with van der Waals surface area (Å²) >= 11 is 1.50. The van der Waals surface area contributed by atoms with E-state index >= 15 is 0 Å². The molecule has 0 atom stereocenters. The van der Waals surface area contributed by atoms with Gasteiger partial charge in [-0.05, 0) is 12.0 Å². The molecule has 1 aromatic rings. The van der Waals surface area contributed by atoms with Crippen LogP contribution < -0.4 is 4.90 Å². The number of carbonyl (C=O) groups is 1. The predicted molar refractivity (Wildman–Crippen MR) is 67.2 cm³/mol. The Hall–Kier alpha value is -1.36. The quantitative estimate of drug-likeness (QED) is 0.821. The lowest BCUT2D eigenvalue weighted by Crippen LogP contribution is -2.08. The van der Waals surface area contributed by atoms with Gasteiger partial charge in [-0.25, -0.2) is 9.78 Å². The van der Waals surface area contributed by atoms with E-state index in [4.69, 9.17) is 5.11 Å². The number of carboxylic acids is 1. The van der Waals surface area contributed by atoms with Gasteiger partial charge in [-0.1, -0.05) is 25.2 Å². The van der Waals surface area contributed by atoms with E-state index < -0.39 is 5.97 Å². The molecule has 1 rings (SSSR count). The van der Waals surface area contributed by atoms with Gasteiger partial charge in [0.25, 0.3) is 0 Å². The molecular weight excluding hydrogens is 224 g/mol. The molecule has 0 bridgehead atoms. The number of nitrogens with zero attached hydrogens (tertiary/aromatic N) is 2. The van der Waals surface area contributed by atoms with Gasteiger partial charge in [0.1, 0.15) is 0 Å². The van der Waals surface area contributed by atoms with Gasteiger partial charge in [0.2, 0.25) is 0 Å². The van der Waals surface area contributed by atoms with E-state index in [0.717, 1.165) is 21.8 Å². The summed E-state index contributed by atoms with van der Waals surface area (Å²) in [5.41, 5.74) is 0.950. The Bertz CT molecular complexity index is 408. The van der Waals surface area contributed by atoms with Crippen LogP contribution in [0.2, 0.25) is 0 Å². The van der Waals surface area contributed by atoms with Gasteiger partial charge in [-0.3, -0.25) is 0 Å². The molecule has 0 spiro atoms. The maximum atomic E-state index is 10.5. The summed E-state index contributed by atoms with van der Waals surface area (Å²) in [7, 11) is 3.85. The van der Waals surface area contributed by atoms with Gasteiger partial charge in [0.05, 0.1) is 10.6 Å². The van der Waals surface area contributed by atoms with E-state index in [1.54, 1.807) is 6.08 Å². The van der Waals surface area contributed by atoms with Crippen LogP contribution in [-0.2, 0) is 4.79 Å². The molecular formula is C11H16N2O2S. The van der Waals surface area contributed by atoms with Crippen LogP contribution in [0.1, 0.15) is 30.3 Å². The zero-order valence-corrected chi connectivity index (χ0v) is 10.7. The second kappa shape index (κ2) is 5.12. The minimum atomic E-state index is -0.936. The van der Waals surface area contributed by atoms with E-state index in [0.29, 0.717) is 5.92 Å². The van der Waals surface area contributed by atoms with Gasteiger partial charge in [-0.15, -0.1) is 0 Å². The van der Waals surface area contributed by atoms with Crippen molar-refractivity contribution in [1.82, 2.24) is 4.98 Å². The summed E-state index contributed by atoms with van der Waals surface area (Å²) in [5, 5.41) is 9.50. The van der Waals surface area contributed by atoms with Gasteiger partial charge in [0.15, 0.2) is 5.13 Å². The Labute approximate surface area is 99.2 Å². The molecule has 0 aliphatic carbocycles. The highest BCUT2D eigenvalue weighted by atomic mass is 32.1. The minimum absolute atomic E-state index is 0.290. The van der Waals surface area contributed by atoms with Crippen LogP contribution in [0.4, 0.5) is 5.13 Å². The highest BCUT2D eigenvalue weighted by Gasteiger charge is 2.13. The first kappa shape index (κ1) is 12.7. The Morgan fingerprint density at radius 1 is 1.50 bits per heavy atom. The molecule has 1 heterocycles. The smallest absolute Gasteiger partial charge is 0.328 e. The number of hydrogen-bond acceptors (Lipinski definition) is 4. The van der Waals surface area contributed by atoms with Gasteiger partial charge >= 0.3 is 5.97 Å². The van der Waals surface area contributed by atoms with Crippen molar-refractivity contribution in [2.45, 2.75) is 19.8 Å². The lowest BCUT2D eigenvalue weighted by atomic mass is 10.1. The molecule has 4 nitrogen and oxygen atoms in total. The second-order valence-corrected chi connectivity index (χ2v) is 4.98. The molecule has 5 heteroatoms. The fraction of sp³-hybridized carbons (Fsp3) is 0.455. The van der Waals surface area contributed by atoms with Crippen molar-refractivity contribution in [3.8, 4) is 0 Å². The first-order chi connectivity index (χ1) is 7.41. The van der Waals surface area contributed by atoms with Crippen LogP contribution in [0, 0.1) is 0 Å². The summed E-state index contributed by atoms with van der Waals surface area (Å²) in [6, 6.07) is 0. The maximum Gasteiger partial charge on any atom is 0.328 e. The highest BCUT2D eigenvalue weighted by Crippen LogP contribution is 2.30. The number of carboxylic acid groups (broad SMARTS) is 1. The third-order valence-electron chi connectivity index (χ3n) is 1.98. The molecule has 88 valence electrons. The molecule has 1 N–H and O–H groups in total. The molecule has 0 aromatic carbocycles. The third kappa shape index (κ3) is 3.06. The third-order valence-corrected chi connectivity index (χ3v) is 3.18. The SMILES string of the molecule is CC(C)c1nc(N(C)C)sc1/C=C/C(=O)O. The van der Waals surface area contributed by atoms with E-state index in [9.17, 15) is 4.79 Å². The van der Waals surface area contributed by atoms with Crippen LogP contribution >= 0.6 is 11.3 Å². The lowest BCUT2D eigenvalue weighted by molar-refractivity contribution is -0.131. The standard InChI is InChI=1S/C11H16N2O2S/c1-7(2)10-8(5-6-9(14)15)16-11(12-10)13(3)4/h5-7H,1-4H3,(H,14,15)/b6-5+. The molecule has 0 radical (unpaired) electrons. The van der Waals surface area contributed by atoms with Crippen LogP contribution in [0.5, 0.6) is 0 Å². The predicted octanol–water partition coefficient (Wildman–Crippen LogP) is 2.43. The maximum absolute atomic E-state index is 10.5. The molecule has 1 aromatic heterocycles. The minimum Gasteiger partial charge on any atom is -0.478 e. The van der Waals surface area contributed by atoms with E-state index in [-0.39, 0.29) is 0 Å². The molecule has 0 unspecified atom stereocenters. The zero-order chi connectivity index (χ0) is 12.3. The number of aliphatic carboxylic acids is 1. The van der Waals surface area contributed by atoms with Crippen molar-refractivity contribution >= 4 is 28.5 Å². The van der Waals surface area contributed by atoms with Crippen molar-refractivity contribution in [3.63, 3.8) is 0 Å². The fourth-order valence-electron chi connectivity index (χ4n) is 1.20. The molecule has 0 saturated heterocycles. The van der Waals surface area contributed by atoms with Crippen molar-refractivity contribution in [2.24, 2.45) is 0 Å². The lowest BCUT2D eigenvalue weighted by Gasteiger charge is -2.05. The monoisotopic (exact) mass is 240 g/mol. The number of thiazole rings is 1. The second-order valence-electron chi connectivity index (χ2n) is 3.97. The number of rotatable bonds is 4. The molecule has 0 aliphatic rings. The summed E-state index contributed by atoms with van der Waals surface area (Å²) in [5.74, 6) is -0.645. The van der Waals surface area contributed by atoms with Crippen LogP contribution in [-0.4, -0.2) is 30.2 Å². The highest BCUT2D eigenvalue weighted by molar-refractivity contribution is 7.16. The number of aromatic nitrogens is 1. The molecule has 0 amide bonds. The topological polar surface area (TPSA) is 53.4 Å². The van der Waals surface area contributed by atoms with Gasteiger partial charge < -0.3 is 10.0 Å². The molecule has 0 fully saturated rings. The molecule has 0 saturated carbocycles. The van der Waals surface area contributed by atoms with Crippen molar-refractivity contribution in [3.05, 3.63) is 16.6 Å². The van der Waals surface area contributed by atoms with Crippen molar-refractivity contribution in [1.29, 1.82) is 0 Å². The Morgan fingerprint density at radius 2 is 2.12 bits per heavy atom. The van der Waals surface area contributed by atoms with E-state index in [1.807, 2.05) is 32.8 Å². The van der Waals surface area contributed by atoms with E-state index in [1.165, 1.54) is 11.3 Å². The van der Waals surface area contributed by atoms with Crippen LogP contribution in [0.25, 0.3) is 6.08 Å². The summed E-state index contributed by atoms with van der Waals surface area (Å²) < 4.78 is 0. The fourth-order valence-corrected chi connectivity index (χ4v) is 2.25. The summed E-state index contributed by atoms with van der Waals surface area (Å²) in [6.07, 6.45) is 2.77. The van der Waals surface area contributed by atoms with Crippen LogP contribution in [0.15, 0.2) is 6.08 Å². The largest absolute Gasteiger partial charge is 0.478 e. The van der Waals surface area contributed by atoms with Gasteiger partial charge in [0, 0.05) is 20.2 Å². The average molecular weight is 240 g/mol. The summed E-state index contributed by atoms with van der Waals surface area (Å²) in [4.78, 5) is 17.8.